The number of carbonyl (C=O) groups excluding carboxylic acids is 1. The molecule has 28 heavy (non-hydrogen) atoms. The van der Waals surface area contributed by atoms with Gasteiger partial charge in [0.1, 0.15) is 11.9 Å². The molecule has 0 aromatic heterocycles. The number of hydrogen-bond donors (Lipinski definition) is 1. The highest BCUT2D eigenvalue weighted by atomic mass is 32.2. The predicted octanol–water partition coefficient (Wildman–Crippen LogP) is 3.59. The maximum absolute atomic E-state index is 13.0. The Hall–Kier alpha value is -2.59. The average Bonchev–Trinajstić information content (AvgIpc) is 2.63. The van der Waals surface area contributed by atoms with Gasteiger partial charge in [-0.2, -0.15) is 0 Å². The Kier molecular flexibility index (Phi) is 5.61. The number of nitrogens with one attached hydrogen (secondary N) is 1. The van der Waals surface area contributed by atoms with Gasteiger partial charge in [0.2, 0.25) is 10.0 Å². The maximum atomic E-state index is 13.0. The van der Waals surface area contributed by atoms with Crippen molar-refractivity contribution in [3.63, 3.8) is 0 Å². The lowest BCUT2D eigenvalue weighted by atomic mass is 10.0. The van der Waals surface area contributed by atoms with Crippen LogP contribution in [0.2, 0.25) is 0 Å². The molecule has 0 saturated heterocycles. The Bertz CT molecular complexity index is 981. The lowest BCUT2D eigenvalue weighted by Crippen LogP contribution is -2.40. The summed E-state index contributed by atoms with van der Waals surface area (Å²) in [7, 11) is -3.86. The van der Waals surface area contributed by atoms with Crippen molar-refractivity contribution in [2.75, 3.05) is 11.4 Å². The first-order chi connectivity index (χ1) is 13.2. The monoisotopic (exact) mass is 414 g/mol. The molecule has 10 heteroatoms. The first kappa shape index (κ1) is 20.2. The summed E-state index contributed by atoms with van der Waals surface area (Å²) in [6, 6.07) is 8.99. The maximum Gasteiger partial charge on any atom is 0.415 e. The number of cyclic esters (lactones) is 1. The summed E-state index contributed by atoms with van der Waals surface area (Å²) >= 11 is 0. The van der Waals surface area contributed by atoms with Crippen LogP contribution >= 0.6 is 0 Å². The summed E-state index contributed by atoms with van der Waals surface area (Å²) in [6.45, 7) is 0.723. The van der Waals surface area contributed by atoms with Crippen LogP contribution in [0, 0.1) is 5.82 Å². The van der Waals surface area contributed by atoms with Crippen LogP contribution in [0.25, 0.3) is 0 Å². The van der Waals surface area contributed by atoms with E-state index in [1.807, 2.05) is 0 Å². The van der Waals surface area contributed by atoms with E-state index >= 15 is 0 Å². The van der Waals surface area contributed by atoms with Gasteiger partial charge in [-0.05, 0) is 48.9 Å². The molecule has 0 radical (unpaired) electrons. The van der Waals surface area contributed by atoms with Gasteiger partial charge in [0, 0.05) is 12.1 Å². The Balaban J connectivity index is 1.80. The van der Waals surface area contributed by atoms with Gasteiger partial charge in [-0.3, -0.25) is 4.90 Å². The van der Waals surface area contributed by atoms with Crippen molar-refractivity contribution >= 4 is 21.8 Å². The summed E-state index contributed by atoms with van der Waals surface area (Å²) < 4.78 is 70.5. The SMILES string of the molecule is CC1OC(=O)N(CC(F)F)c2ccc(CNS(=O)(=O)c3ccc(F)cc3)cc21. The molecule has 0 bridgehead atoms. The van der Waals surface area contributed by atoms with Gasteiger partial charge in [0.05, 0.1) is 17.1 Å². The Morgan fingerprint density at radius 1 is 1.18 bits per heavy atom. The van der Waals surface area contributed by atoms with E-state index < -0.39 is 41.0 Å². The molecule has 1 aliphatic rings. The summed E-state index contributed by atoms with van der Waals surface area (Å²) in [6.07, 6.45) is -4.24. The molecule has 1 amide bonds. The van der Waals surface area contributed by atoms with E-state index in [2.05, 4.69) is 4.72 Å². The molecule has 6 nitrogen and oxygen atoms in total. The normalized spacial score (nSPS) is 16.8. The summed E-state index contributed by atoms with van der Waals surface area (Å²) in [4.78, 5) is 12.6. The van der Waals surface area contributed by atoms with Gasteiger partial charge in [-0.1, -0.05) is 6.07 Å². The first-order valence-electron chi connectivity index (χ1n) is 8.32. The van der Waals surface area contributed by atoms with Gasteiger partial charge < -0.3 is 4.74 Å². The minimum absolute atomic E-state index is 0.0808. The molecule has 1 unspecified atom stereocenters. The molecule has 0 fully saturated rings. The molecule has 0 aliphatic carbocycles. The summed E-state index contributed by atoms with van der Waals surface area (Å²) in [5.74, 6) is -0.550. The van der Waals surface area contributed by atoms with Crippen molar-refractivity contribution in [1.82, 2.24) is 4.72 Å². The second-order valence-corrected chi connectivity index (χ2v) is 7.97. The molecule has 1 aliphatic heterocycles. The fourth-order valence-electron chi connectivity index (χ4n) is 2.85. The van der Waals surface area contributed by atoms with E-state index in [1.165, 1.54) is 12.1 Å². The van der Waals surface area contributed by atoms with Gasteiger partial charge in [0.15, 0.2) is 0 Å². The molecule has 0 spiro atoms. The van der Waals surface area contributed by atoms with Gasteiger partial charge in [-0.15, -0.1) is 0 Å². The number of hydrogen-bond acceptors (Lipinski definition) is 4. The van der Waals surface area contributed by atoms with Gasteiger partial charge >= 0.3 is 6.09 Å². The van der Waals surface area contributed by atoms with E-state index in [9.17, 15) is 26.4 Å². The van der Waals surface area contributed by atoms with Crippen molar-refractivity contribution in [3.05, 3.63) is 59.4 Å². The van der Waals surface area contributed by atoms with Crippen LogP contribution in [0.3, 0.4) is 0 Å². The van der Waals surface area contributed by atoms with Crippen LogP contribution in [0.1, 0.15) is 24.2 Å². The van der Waals surface area contributed by atoms with Crippen LogP contribution in [0.5, 0.6) is 0 Å². The highest BCUT2D eigenvalue weighted by Crippen LogP contribution is 2.35. The van der Waals surface area contributed by atoms with Crippen LogP contribution in [-0.4, -0.2) is 27.5 Å². The molecular formula is C18H17F3N2O4S. The number of sulfonamides is 1. The molecule has 1 heterocycles. The number of nitrogens with zero attached hydrogens (tertiary/aromatic N) is 1. The lowest BCUT2D eigenvalue weighted by molar-refractivity contribution is 0.0972. The molecular weight excluding hydrogens is 397 g/mol. The van der Waals surface area contributed by atoms with E-state index in [1.54, 1.807) is 13.0 Å². The zero-order chi connectivity index (χ0) is 20.5. The Labute approximate surface area is 160 Å². The molecule has 1 atom stereocenters. The van der Waals surface area contributed by atoms with Crippen LogP contribution < -0.4 is 9.62 Å². The van der Waals surface area contributed by atoms with Crippen LogP contribution in [0.15, 0.2) is 47.4 Å². The second kappa shape index (κ2) is 7.80. The number of fused-ring (bicyclic) bond motifs is 1. The third-order valence-electron chi connectivity index (χ3n) is 4.23. The van der Waals surface area contributed by atoms with Crippen molar-refractivity contribution in [2.45, 2.75) is 30.9 Å². The van der Waals surface area contributed by atoms with Crippen molar-refractivity contribution in [1.29, 1.82) is 0 Å². The number of halogens is 3. The minimum atomic E-state index is -3.86. The van der Waals surface area contributed by atoms with Crippen molar-refractivity contribution in [3.8, 4) is 0 Å². The summed E-state index contributed by atoms with van der Waals surface area (Å²) in [5.41, 5.74) is 1.35. The average molecular weight is 414 g/mol. The molecule has 0 saturated carbocycles. The van der Waals surface area contributed by atoms with E-state index in [-0.39, 0.29) is 11.4 Å². The van der Waals surface area contributed by atoms with Crippen LogP contribution in [-0.2, 0) is 21.3 Å². The number of amides is 1. The predicted molar refractivity (Wildman–Crippen MR) is 95.1 cm³/mol. The third-order valence-corrected chi connectivity index (χ3v) is 5.65. The molecule has 1 N–H and O–H groups in total. The number of alkyl halides is 2. The minimum Gasteiger partial charge on any atom is -0.441 e. The fourth-order valence-corrected chi connectivity index (χ4v) is 3.87. The number of carbonyl (C=O) groups is 1. The fraction of sp³-hybridized carbons (Fsp3) is 0.278. The Morgan fingerprint density at radius 2 is 1.86 bits per heavy atom. The van der Waals surface area contributed by atoms with Gasteiger partial charge in [0.25, 0.3) is 6.43 Å². The summed E-state index contributed by atoms with van der Waals surface area (Å²) in [5, 5.41) is 0. The molecule has 2 aromatic carbocycles. The molecule has 150 valence electrons. The highest BCUT2D eigenvalue weighted by Gasteiger charge is 2.32. The van der Waals surface area contributed by atoms with Crippen molar-refractivity contribution < 1.29 is 31.1 Å². The highest BCUT2D eigenvalue weighted by molar-refractivity contribution is 7.89. The standard InChI is InChI=1S/C18H17F3N2O4S/c1-11-15-8-12(2-7-16(15)23(10-17(20)21)18(24)27-11)9-22-28(25,26)14-5-3-13(19)4-6-14/h2-8,11,17,22H,9-10H2,1H3. The van der Waals surface area contributed by atoms with E-state index in [0.717, 1.165) is 29.2 Å². The number of rotatable bonds is 6. The van der Waals surface area contributed by atoms with E-state index in [0.29, 0.717) is 16.8 Å². The van der Waals surface area contributed by atoms with Crippen molar-refractivity contribution in [2.24, 2.45) is 0 Å². The number of benzene rings is 2. The molecule has 3 rings (SSSR count). The topological polar surface area (TPSA) is 75.7 Å². The molecule has 2 aromatic rings. The van der Waals surface area contributed by atoms with Gasteiger partial charge in [-0.25, -0.2) is 31.1 Å². The Morgan fingerprint density at radius 3 is 2.50 bits per heavy atom. The largest absolute Gasteiger partial charge is 0.441 e. The number of ether oxygens (including phenoxy) is 1. The van der Waals surface area contributed by atoms with E-state index in [4.69, 9.17) is 4.74 Å². The lowest BCUT2D eigenvalue weighted by Gasteiger charge is -2.32. The second-order valence-electron chi connectivity index (χ2n) is 6.20. The quantitative estimate of drug-likeness (QED) is 0.784. The van der Waals surface area contributed by atoms with Crippen LogP contribution in [0.4, 0.5) is 23.7 Å². The first-order valence-corrected chi connectivity index (χ1v) is 9.80. The zero-order valence-corrected chi connectivity index (χ0v) is 15.5. The number of anilines is 1. The zero-order valence-electron chi connectivity index (χ0n) is 14.7. The smallest absolute Gasteiger partial charge is 0.415 e. The third kappa shape index (κ3) is 4.28.